The highest BCUT2D eigenvalue weighted by Crippen LogP contribution is 2.22. The predicted molar refractivity (Wildman–Crippen MR) is 66.8 cm³/mol. The molecule has 4 heteroatoms. The Morgan fingerprint density at radius 1 is 1.41 bits per heavy atom. The van der Waals surface area contributed by atoms with Crippen molar-refractivity contribution in [2.45, 2.75) is 57.8 Å². The molecule has 0 radical (unpaired) electrons. The van der Waals surface area contributed by atoms with Crippen LogP contribution in [0.5, 0.6) is 0 Å². The van der Waals surface area contributed by atoms with Crippen LogP contribution < -0.4 is 5.32 Å². The van der Waals surface area contributed by atoms with Crippen molar-refractivity contribution in [3.8, 4) is 0 Å². The number of nitrogens with zero attached hydrogens (tertiary/aromatic N) is 1. The zero-order valence-corrected chi connectivity index (χ0v) is 10.9. The number of amides is 1. The molecule has 1 amide bonds. The topological polar surface area (TPSA) is 41.6 Å². The molecule has 2 saturated heterocycles. The molecular formula is C13H24N2O2. The summed E-state index contributed by atoms with van der Waals surface area (Å²) in [4.78, 5) is 14.3. The fourth-order valence-electron chi connectivity index (χ4n) is 2.82. The zero-order chi connectivity index (χ0) is 12.3. The average Bonchev–Trinajstić information content (AvgIpc) is 2.76. The normalized spacial score (nSPS) is 34.0. The maximum absolute atomic E-state index is 12.3. The summed E-state index contributed by atoms with van der Waals surface area (Å²) < 4.78 is 5.66. The van der Waals surface area contributed by atoms with Crippen molar-refractivity contribution in [2.24, 2.45) is 0 Å². The van der Waals surface area contributed by atoms with E-state index in [9.17, 15) is 4.79 Å². The second kappa shape index (κ2) is 5.83. The second-order valence-electron chi connectivity index (χ2n) is 5.19. The summed E-state index contributed by atoms with van der Waals surface area (Å²) >= 11 is 0. The Balaban J connectivity index is 1.86. The second-order valence-corrected chi connectivity index (χ2v) is 5.19. The fraction of sp³-hybridized carbons (Fsp3) is 0.923. The summed E-state index contributed by atoms with van der Waals surface area (Å²) in [5.41, 5.74) is 0. The number of hydrogen-bond acceptors (Lipinski definition) is 3. The highest BCUT2D eigenvalue weighted by atomic mass is 16.5. The number of likely N-dealkylation sites (N-methyl/N-ethyl adjacent to an activating group) is 1. The lowest BCUT2D eigenvalue weighted by molar-refractivity contribution is -0.144. The number of hydrogen-bond donors (Lipinski definition) is 1. The zero-order valence-electron chi connectivity index (χ0n) is 10.9. The standard InChI is InChI=1S/C13H24N2O2/c1-3-14-11-5-4-8-15(9-11)13(16)12-7-6-10(2)17-12/h10-12,14H,3-9H2,1-2H3. The van der Waals surface area contributed by atoms with Gasteiger partial charge in [-0.2, -0.15) is 0 Å². The van der Waals surface area contributed by atoms with E-state index in [2.05, 4.69) is 12.2 Å². The van der Waals surface area contributed by atoms with Crippen LogP contribution in [-0.2, 0) is 9.53 Å². The van der Waals surface area contributed by atoms with Crippen molar-refractivity contribution < 1.29 is 9.53 Å². The van der Waals surface area contributed by atoms with Gasteiger partial charge in [0.1, 0.15) is 6.10 Å². The Bertz CT molecular complexity index is 268. The number of likely N-dealkylation sites (tertiary alicyclic amines) is 1. The van der Waals surface area contributed by atoms with Gasteiger partial charge in [-0.3, -0.25) is 4.79 Å². The molecule has 0 spiro atoms. The monoisotopic (exact) mass is 240 g/mol. The first-order chi connectivity index (χ1) is 8.20. The molecule has 2 aliphatic rings. The van der Waals surface area contributed by atoms with E-state index in [-0.39, 0.29) is 18.1 Å². The molecule has 98 valence electrons. The lowest BCUT2D eigenvalue weighted by Crippen LogP contribution is -2.50. The van der Waals surface area contributed by atoms with Crippen molar-refractivity contribution in [3.63, 3.8) is 0 Å². The van der Waals surface area contributed by atoms with Crippen LogP contribution in [-0.4, -0.2) is 48.7 Å². The minimum absolute atomic E-state index is 0.176. The van der Waals surface area contributed by atoms with Gasteiger partial charge >= 0.3 is 0 Å². The van der Waals surface area contributed by atoms with Crippen LogP contribution in [0, 0.1) is 0 Å². The SMILES string of the molecule is CCNC1CCCN(C(=O)C2CCC(C)O2)C1. The van der Waals surface area contributed by atoms with Crippen LogP contribution in [0.3, 0.4) is 0 Å². The van der Waals surface area contributed by atoms with E-state index in [0.717, 1.165) is 38.9 Å². The summed E-state index contributed by atoms with van der Waals surface area (Å²) in [6, 6.07) is 0.469. The van der Waals surface area contributed by atoms with Crippen molar-refractivity contribution in [1.82, 2.24) is 10.2 Å². The minimum Gasteiger partial charge on any atom is -0.365 e. The maximum Gasteiger partial charge on any atom is 0.251 e. The smallest absolute Gasteiger partial charge is 0.251 e. The Labute approximate surface area is 104 Å². The predicted octanol–water partition coefficient (Wildman–Crippen LogP) is 1.15. The number of ether oxygens (including phenoxy) is 1. The molecular weight excluding hydrogens is 216 g/mol. The molecule has 1 N–H and O–H groups in total. The molecule has 4 nitrogen and oxygen atoms in total. The van der Waals surface area contributed by atoms with E-state index >= 15 is 0 Å². The molecule has 2 rings (SSSR count). The van der Waals surface area contributed by atoms with Crippen LogP contribution >= 0.6 is 0 Å². The van der Waals surface area contributed by atoms with E-state index in [1.807, 2.05) is 11.8 Å². The molecule has 0 aromatic heterocycles. The van der Waals surface area contributed by atoms with Crippen LogP contribution in [0.4, 0.5) is 0 Å². The van der Waals surface area contributed by atoms with Gasteiger partial charge in [0.25, 0.3) is 5.91 Å². The highest BCUT2D eigenvalue weighted by Gasteiger charge is 2.33. The van der Waals surface area contributed by atoms with Crippen LogP contribution in [0.15, 0.2) is 0 Å². The van der Waals surface area contributed by atoms with Crippen molar-refractivity contribution in [2.75, 3.05) is 19.6 Å². The van der Waals surface area contributed by atoms with E-state index in [1.54, 1.807) is 0 Å². The lowest BCUT2D eigenvalue weighted by atomic mass is 10.0. The molecule has 0 aromatic rings. The number of rotatable bonds is 3. The van der Waals surface area contributed by atoms with Gasteiger partial charge in [-0.1, -0.05) is 6.92 Å². The highest BCUT2D eigenvalue weighted by molar-refractivity contribution is 5.81. The van der Waals surface area contributed by atoms with Gasteiger partial charge in [0.2, 0.25) is 0 Å². The average molecular weight is 240 g/mol. The first-order valence-electron chi connectivity index (χ1n) is 6.88. The minimum atomic E-state index is -0.176. The Morgan fingerprint density at radius 3 is 2.88 bits per heavy atom. The van der Waals surface area contributed by atoms with Gasteiger partial charge in [-0.15, -0.1) is 0 Å². The van der Waals surface area contributed by atoms with E-state index in [1.165, 1.54) is 6.42 Å². The van der Waals surface area contributed by atoms with Crippen molar-refractivity contribution >= 4 is 5.91 Å². The fourth-order valence-corrected chi connectivity index (χ4v) is 2.82. The summed E-state index contributed by atoms with van der Waals surface area (Å²) in [6.07, 6.45) is 4.26. The molecule has 2 heterocycles. The van der Waals surface area contributed by atoms with Crippen LogP contribution in [0.25, 0.3) is 0 Å². The van der Waals surface area contributed by atoms with Crippen molar-refractivity contribution in [3.05, 3.63) is 0 Å². The Morgan fingerprint density at radius 2 is 2.24 bits per heavy atom. The first kappa shape index (κ1) is 12.8. The van der Waals surface area contributed by atoms with E-state index in [0.29, 0.717) is 6.04 Å². The van der Waals surface area contributed by atoms with Gasteiger partial charge in [0.15, 0.2) is 0 Å². The summed E-state index contributed by atoms with van der Waals surface area (Å²) in [5.74, 6) is 0.206. The van der Waals surface area contributed by atoms with Gasteiger partial charge in [0.05, 0.1) is 6.10 Å². The molecule has 3 unspecified atom stereocenters. The molecule has 0 aliphatic carbocycles. The lowest BCUT2D eigenvalue weighted by Gasteiger charge is -2.34. The molecule has 2 fully saturated rings. The van der Waals surface area contributed by atoms with E-state index < -0.39 is 0 Å². The summed E-state index contributed by atoms with van der Waals surface area (Å²) in [7, 11) is 0. The van der Waals surface area contributed by atoms with Gasteiger partial charge < -0.3 is 15.0 Å². The molecule has 0 bridgehead atoms. The molecule has 3 atom stereocenters. The molecule has 17 heavy (non-hydrogen) atoms. The third-order valence-corrected chi connectivity index (χ3v) is 3.73. The maximum atomic E-state index is 12.3. The number of piperidine rings is 1. The summed E-state index contributed by atoms with van der Waals surface area (Å²) in [5, 5.41) is 3.43. The third-order valence-electron chi connectivity index (χ3n) is 3.73. The van der Waals surface area contributed by atoms with Crippen LogP contribution in [0.1, 0.15) is 39.5 Å². The number of carbonyl (C=O) groups is 1. The number of nitrogens with one attached hydrogen (secondary N) is 1. The van der Waals surface area contributed by atoms with Gasteiger partial charge in [-0.05, 0) is 39.2 Å². The first-order valence-corrected chi connectivity index (χ1v) is 6.88. The van der Waals surface area contributed by atoms with Crippen molar-refractivity contribution in [1.29, 1.82) is 0 Å². The largest absolute Gasteiger partial charge is 0.365 e. The van der Waals surface area contributed by atoms with Gasteiger partial charge in [-0.25, -0.2) is 0 Å². The molecule has 0 aromatic carbocycles. The molecule has 0 saturated carbocycles. The molecule has 2 aliphatic heterocycles. The Hall–Kier alpha value is -0.610. The Kier molecular flexibility index (Phi) is 4.40. The number of carbonyl (C=O) groups excluding carboxylic acids is 1. The quantitative estimate of drug-likeness (QED) is 0.804. The van der Waals surface area contributed by atoms with Gasteiger partial charge in [0, 0.05) is 19.1 Å². The van der Waals surface area contributed by atoms with E-state index in [4.69, 9.17) is 4.74 Å². The third kappa shape index (κ3) is 3.19. The summed E-state index contributed by atoms with van der Waals surface area (Å²) in [6.45, 7) is 6.88. The van der Waals surface area contributed by atoms with Crippen LogP contribution in [0.2, 0.25) is 0 Å².